The molecule has 0 saturated heterocycles. The van der Waals surface area contributed by atoms with E-state index < -0.39 is 0 Å². The largest absolute Gasteiger partial charge is 0.396 e. The standard InChI is InChI=1S/C10H14N2O/c11-12-10-7-2-1-5-9(10)6-3-4-8-13/h1-3,5-7,12-13H,4,8,11H2. The van der Waals surface area contributed by atoms with E-state index in [0.717, 1.165) is 11.3 Å². The van der Waals surface area contributed by atoms with Crippen LogP contribution < -0.4 is 11.3 Å². The predicted molar refractivity (Wildman–Crippen MR) is 55.0 cm³/mol. The number of hydrogen-bond donors (Lipinski definition) is 3. The second kappa shape index (κ2) is 5.35. The number of nitrogens with one attached hydrogen (secondary N) is 1. The summed E-state index contributed by atoms with van der Waals surface area (Å²) >= 11 is 0. The Morgan fingerprint density at radius 2 is 2.15 bits per heavy atom. The smallest absolute Gasteiger partial charge is 0.0557 e. The summed E-state index contributed by atoms with van der Waals surface area (Å²) in [6.45, 7) is 0.175. The van der Waals surface area contributed by atoms with Gasteiger partial charge in [-0.05, 0) is 18.1 Å². The number of hydrazine groups is 1. The molecule has 3 heteroatoms. The van der Waals surface area contributed by atoms with Crippen molar-refractivity contribution in [2.24, 2.45) is 5.84 Å². The van der Waals surface area contributed by atoms with Gasteiger partial charge in [-0.25, -0.2) is 0 Å². The van der Waals surface area contributed by atoms with E-state index in [1.807, 2.05) is 36.4 Å². The van der Waals surface area contributed by atoms with Gasteiger partial charge >= 0.3 is 0 Å². The van der Waals surface area contributed by atoms with E-state index in [1.54, 1.807) is 0 Å². The van der Waals surface area contributed by atoms with Crippen LogP contribution in [0.5, 0.6) is 0 Å². The molecule has 0 fully saturated rings. The summed E-state index contributed by atoms with van der Waals surface area (Å²) in [5.74, 6) is 5.32. The molecule has 0 aliphatic heterocycles. The van der Waals surface area contributed by atoms with Crippen LogP contribution in [0.3, 0.4) is 0 Å². The van der Waals surface area contributed by atoms with E-state index in [9.17, 15) is 0 Å². The van der Waals surface area contributed by atoms with Gasteiger partial charge in [-0.15, -0.1) is 0 Å². The van der Waals surface area contributed by atoms with E-state index in [0.29, 0.717) is 6.42 Å². The average molecular weight is 178 g/mol. The summed E-state index contributed by atoms with van der Waals surface area (Å²) in [6, 6.07) is 7.72. The quantitative estimate of drug-likeness (QED) is 0.482. The summed E-state index contributed by atoms with van der Waals surface area (Å²) in [4.78, 5) is 0. The maximum atomic E-state index is 8.58. The van der Waals surface area contributed by atoms with Crippen LogP contribution in [0.25, 0.3) is 6.08 Å². The molecule has 0 aliphatic rings. The summed E-state index contributed by atoms with van der Waals surface area (Å²) in [5.41, 5.74) is 4.52. The van der Waals surface area contributed by atoms with Crippen LogP contribution in [0.4, 0.5) is 5.69 Å². The zero-order chi connectivity index (χ0) is 9.52. The number of nitrogens with two attached hydrogens (primary N) is 1. The van der Waals surface area contributed by atoms with Crippen LogP contribution in [0, 0.1) is 0 Å². The maximum Gasteiger partial charge on any atom is 0.0557 e. The number of aliphatic hydroxyl groups excluding tert-OH is 1. The number of aliphatic hydroxyl groups is 1. The van der Waals surface area contributed by atoms with Crippen molar-refractivity contribution < 1.29 is 5.11 Å². The average Bonchev–Trinajstić information content (AvgIpc) is 2.19. The number of anilines is 1. The van der Waals surface area contributed by atoms with E-state index in [4.69, 9.17) is 10.9 Å². The molecule has 0 aliphatic carbocycles. The van der Waals surface area contributed by atoms with Crippen LogP contribution in [0.15, 0.2) is 30.3 Å². The number of rotatable bonds is 4. The minimum Gasteiger partial charge on any atom is -0.396 e. The molecule has 0 amide bonds. The minimum absolute atomic E-state index is 0.175. The van der Waals surface area contributed by atoms with Crippen molar-refractivity contribution in [1.82, 2.24) is 0 Å². The van der Waals surface area contributed by atoms with Crippen molar-refractivity contribution >= 4 is 11.8 Å². The first-order chi connectivity index (χ1) is 6.38. The molecule has 3 nitrogen and oxygen atoms in total. The van der Waals surface area contributed by atoms with E-state index in [2.05, 4.69) is 5.43 Å². The lowest BCUT2D eigenvalue weighted by molar-refractivity contribution is 0.303. The SMILES string of the molecule is NNc1ccccc1C=CCCO. The first-order valence-electron chi connectivity index (χ1n) is 4.21. The molecule has 0 aromatic heterocycles. The first kappa shape index (κ1) is 9.77. The van der Waals surface area contributed by atoms with Gasteiger partial charge in [0.25, 0.3) is 0 Å². The van der Waals surface area contributed by atoms with Gasteiger partial charge in [0.1, 0.15) is 0 Å². The summed E-state index contributed by atoms with van der Waals surface area (Å²) in [6.07, 6.45) is 4.51. The van der Waals surface area contributed by atoms with Gasteiger partial charge in [0.2, 0.25) is 0 Å². The zero-order valence-electron chi connectivity index (χ0n) is 7.40. The fourth-order valence-electron chi connectivity index (χ4n) is 1.06. The fraction of sp³-hybridized carbons (Fsp3) is 0.200. The molecule has 0 atom stereocenters. The van der Waals surface area contributed by atoms with Crippen molar-refractivity contribution in [3.63, 3.8) is 0 Å². The molecule has 1 aromatic rings. The zero-order valence-corrected chi connectivity index (χ0v) is 7.40. The maximum absolute atomic E-state index is 8.58. The second-order valence-corrected chi connectivity index (χ2v) is 2.65. The lowest BCUT2D eigenvalue weighted by Crippen LogP contribution is -2.07. The van der Waals surface area contributed by atoms with Crippen LogP contribution in [-0.4, -0.2) is 11.7 Å². The summed E-state index contributed by atoms with van der Waals surface area (Å²) in [5, 5.41) is 8.58. The highest BCUT2D eigenvalue weighted by Crippen LogP contribution is 2.14. The molecule has 0 radical (unpaired) electrons. The van der Waals surface area contributed by atoms with E-state index >= 15 is 0 Å². The number of nitrogen functional groups attached to an aromatic ring is 1. The Morgan fingerprint density at radius 1 is 1.38 bits per heavy atom. The van der Waals surface area contributed by atoms with E-state index in [1.165, 1.54) is 0 Å². The lowest BCUT2D eigenvalue weighted by atomic mass is 10.1. The van der Waals surface area contributed by atoms with Crippen LogP contribution >= 0.6 is 0 Å². The molecule has 0 bridgehead atoms. The highest BCUT2D eigenvalue weighted by molar-refractivity contribution is 5.65. The molecule has 0 unspecified atom stereocenters. The van der Waals surface area contributed by atoms with Crippen LogP contribution in [-0.2, 0) is 0 Å². The Balaban J connectivity index is 2.74. The highest BCUT2D eigenvalue weighted by Gasteiger charge is 1.93. The summed E-state index contributed by atoms with van der Waals surface area (Å²) < 4.78 is 0. The first-order valence-corrected chi connectivity index (χ1v) is 4.21. The van der Waals surface area contributed by atoms with Crippen molar-refractivity contribution in [3.8, 4) is 0 Å². The summed E-state index contributed by atoms with van der Waals surface area (Å²) in [7, 11) is 0. The second-order valence-electron chi connectivity index (χ2n) is 2.65. The normalized spacial score (nSPS) is 10.6. The van der Waals surface area contributed by atoms with E-state index in [-0.39, 0.29) is 6.61 Å². The monoisotopic (exact) mass is 178 g/mol. The van der Waals surface area contributed by atoms with Crippen molar-refractivity contribution in [2.75, 3.05) is 12.0 Å². The molecule has 4 N–H and O–H groups in total. The van der Waals surface area contributed by atoms with Gasteiger partial charge in [-0.1, -0.05) is 30.4 Å². The molecule has 0 heterocycles. The number of para-hydroxylation sites is 1. The fourth-order valence-corrected chi connectivity index (χ4v) is 1.06. The Hall–Kier alpha value is -1.32. The molecule has 1 rings (SSSR count). The van der Waals surface area contributed by atoms with Gasteiger partial charge < -0.3 is 10.5 Å². The molecule has 0 spiro atoms. The van der Waals surface area contributed by atoms with Gasteiger partial charge in [-0.2, -0.15) is 0 Å². The molecule has 70 valence electrons. The minimum atomic E-state index is 0.175. The number of hydrogen-bond acceptors (Lipinski definition) is 3. The third kappa shape index (κ3) is 2.89. The van der Waals surface area contributed by atoms with Crippen molar-refractivity contribution in [1.29, 1.82) is 0 Å². The third-order valence-electron chi connectivity index (χ3n) is 1.71. The molecule has 1 aromatic carbocycles. The van der Waals surface area contributed by atoms with Crippen molar-refractivity contribution in [3.05, 3.63) is 35.9 Å². The molecular formula is C10H14N2O. The molecule has 0 saturated carbocycles. The Bertz CT molecular complexity index is 284. The van der Waals surface area contributed by atoms with Crippen molar-refractivity contribution in [2.45, 2.75) is 6.42 Å². The Kier molecular flexibility index (Phi) is 4.02. The van der Waals surface area contributed by atoms with Gasteiger partial charge in [0, 0.05) is 6.61 Å². The predicted octanol–water partition coefficient (Wildman–Crippen LogP) is 1.37. The number of benzene rings is 1. The Morgan fingerprint density at radius 3 is 2.85 bits per heavy atom. The molecular weight excluding hydrogens is 164 g/mol. The lowest BCUT2D eigenvalue weighted by Gasteiger charge is -2.03. The van der Waals surface area contributed by atoms with Gasteiger partial charge in [0.05, 0.1) is 5.69 Å². The van der Waals surface area contributed by atoms with Gasteiger partial charge in [-0.3, -0.25) is 5.84 Å². The molecule has 13 heavy (non-hydrogen) atoms. The topological polar surface area (TPSA) is 58.3 Å². The van der Waals surface area contributed by atoms with Crippen LogP contribution in [0.1, 0.15) is 12.0 Å². The Labute approximate surface area is 77.9 Å². The highest BCUT2D eigenvalue weighted by atomic mass is 16.2. The van der Waals surface area contributed by atoms with Crippen LogP contribution in [0.2, 0.25) is 0 Å². The van der Waals surface area contributed by atoms with Gasteiger partial charge in [0.15, 0.2) is 0 Å². The third-order valence-corrected chi connectivity index (χ3v) is 1.71.